The van der Waals surface area contributed by atoms with Gasteiger partial charge in [-0.2, -0.15) is 0 Å². The topological polar surface area (TPSA) is 61.7 Å². The van der Waals surface area contributed by atoms with Crippen molar-refractivity contribution in [3.63, 3.8) is 0 Å². The highest BCUT2D eigenvalue weighted by atomic mass is 16.5. The van der Waals surface area contributed by atoms with Crippen molar-refractivity contribution in [1.29, 1.82) is 0 Å². The van der Waals surface area contributed by atoms with Crippen molar-refractivity contribution in [2.75, 3.05) is 26.6 Å². The van der Waals surface area contributed by atoms with Crippen LogP contribution in [0.5, 0.6) is 17.2 Å². The summed E-state index contributed by atoms with van der Waals surface area (Å²) in [5, 5.41) is 2.94. The highest BCUT2D eigenvalue weighted by Crippen LogP contribution is 2.30. The van der Waals surface area contributed by atoms with E-state index in [4.69, 9.17) is 14.2 Å². The summed E-state index contributed by atoms with van der Waals surface area (Å²) in [6.45, 7) is 0. The number of hydrogen-bond donors (Lipinski definition) is 1. The molecule has 28 heavy (non-hydrogen) atoms. The summed E-state index contributed by atoms with van der Waals surface area (Å²) < 4.78 is 17.9. The SMILES string of the molecule is COc1cccc(C(CC(=O)Nc2ccc(OC)c(OC)c2)n2cccc2)c1. The lowest BCUT2D eigenvalue weighted by Crippen LogP contribution is -2.19. The summed E-state index contributed by atoms with van der Waals surface area (Å²) >= 11 is 0. The molecule has 0 aliphatic rings. The standard InChI is InChI=1S/C22H24N2O4/c1-26-18-8-6-7-16(13-18)19(24-11-4-5-12-24)15-22(25)23-17-9-10-20(27-2)21(14-17)28-3/h4-14,19H,15H2,1-3H3,(H,23,25). The molecule has 1 N–H and O–H groups in total. The van der Waals surface area contributed by atoms with Crippen molar-refractivity contribution in [1.82, 2.24) is 4.57 Å². The van der Waals surface area contributed by atoms with Crippen molar-refractivity contribution in [3.8, 4) is 17.2 Å². The number of carbonyl (C=O) groups is 1. The summed E-state index contributed by atoms with van der Waals surface area (Å²) in [6, 6.07) is 16.8. The third-order valence-corrected chi connectivity index (χ3v) is 4.51. The highest BCUT2D eigenvalue weighted by molar-refractivity contribution is 5.91. The van der Waals surface area contributed by atoms with Crippen LogP contribution in [0.25, 0.3) is 0 Å². The minimum atomic E-state index is -0.148. The number of hydrogen-bond acceptors (Lipinski definition) is 4. The van der Waals surface area contributed by atoms with Crippen LogP contribution in [-0.4, -0.2) is 31.8 Å². The molecule has 0 aliphatic heterocycles. The number of ether oxygens (including phenoxy) is 3. The summed E-state index contributed by atoms with van der Waals surface area (Å²) in [6.07, 6.45) is 4.18. The van der Waals surface area contributed by atoms with Crippen LogP contribution >= 0.6 is 0 Å². The first-order valence-corrected chi connectivity index (χ1v) is 8.93. The van der Waals surface area contributed by atoms with E-state index in [1.165, 1.54) is 0 Å². The fourth-order valence-corrected chi connectivity index (χ4v) is 3.10. The van der Waals surface area contributed by atoms with E-state index in [2.05, 4.69) is 5.32 Å². The monoisotopic (exact) mass is 380 g/mol. The van der Waals surface area contributed by atoms with Crippen LogP contribution in [0.3, 0.4) is 0 Å². The Labute approximate surface area is 164 Å². The molecule has 1 heterocycles. The van der Waals surface area contributed by atoms with Gasteiger partial charge in [0.15, 0.2) is 11.5 Å². The maximum atomic E-state index is 12.8. The van der Waals surface area contributed by atoms with E-state index in [1.807, 2.05) is 53.4 Å². The van der Waals surface area contributed by atoms with Gasteiger partial charge >= 0.3 is 0 Å². The number of carbonyl (C=O) groups excluding carboxylic acids is 1. The fraction of sp³-hybridized carbons (Fsp3) is 0.227. The van der Waals surface area contributed by atoms with Gasteiger partial charge < -0.3 is 24.1 Å². The maximum absolute atomic E-state index is 12.8. The molecule has 0 radical (unpaired) electrons. The second-order valence-electron chi connectivity index (χ2n) is 6.24. The average Bonchev–Trinajstić information content (AvgIpc) is 3.26. The average molecular weight is 380 g/mol. The summed E-state index contributed by atoms with van der Waals surface area (Å²) in [5.41, 5.74) is 1.65. The smallest absolute Gasteiger partial charge is 0.226 e. The van der Waals surface area contributed by atoms with Gasteiger partial charge in [-0.3, -0.25) is 4.79 Å². The number of nitrogens with zero attached hydrogens (tertiary/aromatic N) is 1. The molecule has 1 unspecified atom stereocenters. The molecule has 1 aromatic heterocycles. The predicted octanol–water partition coefficient (Wildman–Crippen LogP) is 4.13. The Morgan fingerprint density at radius 3 is 2.36 bits per heavy atom. The van der Waals surface area contributed by atoms with Gasteiger partial charge in [-0.25, -0.2) is 0 Å². The van der Waals surface area contributed by atoms with Crippen molar-refractivity contribution in [2.24, 2.45) is 0 Å². The van der Waals surface area contributed by atoms with Crippen molar-refractivity contribution in [2.45, 2.75) is 12.5 Å². The number of rotatable bonds is 8. The van der Waals surface area contributed by atoms with Crippen molar-refractivity contribution >= 4 is 11.6 Å². The van der Waals surface area contributed by atoms with Gasteiger partial charge in [-0.1, -0.05) is 12.1 Å². The number of benzene rings is 2. The zero-order valence-electron chi connectivity index (χ0n) is 16.2. The molecule has 0 saturated carbocycles. The molecule has 6 heteroatoms. The minimum Gasteiger partial charge on any atom is -0.497 e. The zero-order chi connectivity index (χ0) is 19.9. The van der Waals surface area contributed by atoms with Gasteiger partial charge in [0.2, 0.25) is 5.91 Å². The molecule has 0 saturated heterocycles. The van der Waals surface area contributed by atoms with E-state index in [1.54, 1.807) is 39.5 Å². The first kappa shape index (κ1) is 19.4. The molecular formula is C22H24N2O4. The molecule has 146 valence electrons. The molecule has 6 nitrogen and oxygen atoms in total. The number of anilines is 1. The molecule has 1 atom stereocenters. The van der Waals surface area contributed by atoms with Gasteiger partial charge in [0.25, 0.3) is 0 Å². The lowest BCUT2D eigenvalue weighted by molar-refractivity contribution is -0.116. The fourth-order valence-electron chi connectivity index (χ4n) is 3.10. The highest BCUT2D eigenvalue weighted by Gasteiger charge is 2.18. The zero-order valence-corrected chi connectivity index (χ0v) is 16.2. The molecule has 2 aromatic carbocycles. The third kappa shape index (κ3) is 4.46. The van der Waals surface area contributed by atoms with E-state index < -0.39 is 0 Å². The molecule has 3 aromatic rings. The molecule has 0 fully saturated rings. The Hall–Kier alpha value is -3.41. The Morgan fingerprint density at radius 2 is 1.68 bits per heavy atom. The van der Waals surface area contributed by atoms with E-state index >= 15 is 0 Å². The first-order valence-electron chi connectivity index (χ1n) is 8.93. The van der Waals surface area contributed by atoms with Gasteiger partial charge in [0, 0.05) is 24.1 Å². The van der Waals surface area contributed by atoms with Gasteiger partial charge in [0.05, 0.1) is 33.8 Å². The first-order chi connectivity index (χ1) is 13.6. The lowest BCUT2D eigenvalue weighted by atomic mass is 10.0. The van der Waals surface area contributed by atoms with Crippen LogP contribution in [0.2, 0.25) is 0 Å². The number of amides is 1. The largest absolute Gasteiger partial charge is 0.497 e. The molecule has 0 spiro atoms. The Balaban J connectivity index is 1.80. The van der Waals surface area contributed by atoms with Crippen molar-refractivity contribution in [3.05, 3.63) is 72.6 Å². The molecule has 0 aliphatic carbocycles. The van der Waals surface area contributed by atoms with Gasteiger partial charge in [0.1, 0.15) is 5.75 Å². The Morgan fingerprint density at radius 1 is 0.929 bits per heavy atom. The Bertz CT molecular complexity index is 922. The Kier molecular flexibility index (Phi) is 6.22. The number of nitrogens with one attached hydrogen (secondary N) is 1. The molecule has 1 amide bonds. The minimum absolute atomic E-state index is 0.103. The molecule has 0 bridgehead atoms. The van der Waals surface area contributed by atoms with Gasteiger partial charge in [-0.15, -0.1) is 0 Å². The summed E-state index contributed by atoms with van der Waals surface area (Å²) in [7, 11) is 4.77. The van der Waals surface area contributed by atoms with E-state index in [0.717, 1.165) is 11.3 Å². The second kappa shape index (κ2) is 8.99. The molecule has 3 rings (SSSR count). The van der Waals surface area contributed by atoms with E-state index in [9.17, 15) is 4.79 Å². The second-order valence-corrected chi connectivity index (χ2v) is 6.24. The predicted molar refractivity (Wildman–Crippen MR) is 108 cm³/mol. The van der Waals surface area contributed by atoms with Crippen LogP contribution in [0.4, 0.5) is 5.69 Å². The van der Waals surface area contributed by atoms with Crippen LogP contribution in [0, 0.1) is 0 Å². The normalized spacial score (nSPS) is 11.5. The summed E-state index contributed by atoms with van der Waals surface area (Å²) in [5.74, 6) is 1.83. The van der Waals surface area contributed by atoms with Crippen LogP contribution in [-0.2, 0) is 4.79 Å². The maximum Gasteiger partial charge on any atom is 0.226 e. The van der Waals surface area contributed by atoms with Crippen molar-refractivity contribution < 1.29 is 19.0 Å². The van der Waals surface area contributed by atoms with E-state index in [0.29, 0.717) is 17.2 Å². The number of methoxy groups -OCH3 is 3. The van der Waals surface area contributed by atoms with Crippen LogP contribution < -0.4 is 19.5 Å². The third-order valence-electron chi connectivity index (χ3n) is 4.51. The summed E-state index contributed by atoms with van der Waals surface area (Å²) in [4.78, 5) is 12.8. The van der Waals surface area contributed by atoms with Gasteiger partial charge in [-0.05, 0) is 42.0 Å². The number of aromatic nitrogens is 1. The van der Waals surface area contributed by atoms with E-state index in [-0.39, 0.29) is 18.4 Å². The molecular weight excluding hydrogens is 356 g/mol. The van der Waals surface area contributed by atoms with Crippen LogP contribution in [0.15, 0.2) is 67.0 Å². The van der Waals surface area contributed by atoms with Crippen LogP contribution in [0.1, 0.15) is 18.0 Å². The lowest BCUT2D eigenvalue weighted by Gasteiger charge is -2.20. The quantitative estimate of drug-likeness (QED) is 0.638.